The highest BCUT2D eigenvalue weighted by atomic mass is 19.4. The van der Waals surface area contributed by atoms with Crippen LogP contribution in [0, 0.1) is 0 Å². The van der Waals surface area contributed by atoms with Gasteiger partial charge in [-0.3, -0.25) is 0 Å². The first kappa shape index (κ1) is 22.4. The topological polar surface area (TPSA) is 49.8 Å². The molecule has 0 aliphatic carbocycles. The van der Waals surface area contributed by atoms with E-state index < -0.39 is 23.9 Å². The molecule has 1 amide bonds. The molecule has 162 valence electrons. The second-order valence-electron chi connectivity index (χ2n) is 7.01. The number of aliphatic hydroxyl groups is 1. The molecule has 3 rings (SSSR count). The van der Waals surface area contributed by atoms with Gasteiger partial charge in [0, 0.05) is 6.54 Å². The largest absolute Gasteiger partial charge is 0.445 e. The van der Waals surface area contributed by atoms with Crippen LogP contribution in [0.1, 0.15) is 28.4 Å². The van der Waals surface area contributed by atoms with E-state index >= 15 is 0 Å². The summed E-state index contributed by atoms with van der Waals surface area (Å²) in [7, 11) is 0. The molecule has 0 saturated heterocycles. The summed E-state index contributed by atoms with van der Waals surface area (Å²) in [4.78, 5) is 13.9. The molecule has 0 aromatic heterocycles. The molecule has 3 aromatic rings. The van der Waals surface area contributed by atoms with Crippen LogP contribution in [0.15, 0.2) is 84.9 Å². The van der Waals surface area contributed by atoms with Crippen molar-refractivity contribution in [1.29, 1.82) is 0 Å². The average Bonchev–Trinajstić information content (AvgIpc) is 2.78. The van der Waals surface area contributed by atoms with Crippen molar-refractivity contribution in [3.8, 4) is 0 Å². The predicted octanol–water partition coefficient (Wildman–Crippen LogP) is 5.58. The fraction of sp³-hybridized carbons (Fsp3) is 0.208. The third-order valence-corrected chi connectivity index (χ3v) is 4.70. The van der Waals surface area contributed by atoms with Crippen LogP contribution >= 0.6 is 0 Å². The van der Waals surface area contributed by atoms with Crippen molar-refractivity contribution in [3.05, 3.63) is 107 Å². The number of alkyl halides is 3. The molecule has 0 radical (unpaired) electrons. The molecule has 3 aromatic carbocycles. The Morgan fingerprint density at radius 3 is 2.03 bits per heavy atom. The molecular formula is C24H22F3NO3. The van der Waals surface area contributed by atoms with Gasteiger partial charge in [-0.25, -0.2) is 4.79 Å². The van der Waals surface area contributed by atoms with Crippen LogP contribution in [-0.2, 0) is 24.1 Å². The van der Waals surface area contributed by atoms with Crippen LogP contribution < -0.4 is 0 Å². The highest BCUT2D eigenvalue weighted by molar-refractivity contribution is 5.67. The number of amides is 1. The SMILES string of the molecule is O=C(OCc1ccccc1)N(Cc1ccccc1)CC(O)c1ccccc1C(F)(F)F. The molecule has 0 aliphatic rings. The van der Waals surface area contributed by atoms with Crippen LogP contribution in [0.25, 0.3) is 0 Å². The predicted molar refractivity (Wildman–Crippen MR) is 110 cm³/mol. The lowest BCUT2D eigenvalue weighted by Crippen LogP contribution is -2.35. The molecule has 0 saturated carbocycles. The fourth-order valence-corrected chi connectivity index (χ4v) is 3.17. The summed E-state index contributed by atoms with van der Waals surface area (Å²) in [5.74, 6) is 0. The summed E-state index contributed by atoms with van der Waals surface area (Å²) >= 11 is 0. The Labute approximate surface area is 178 Å². The molecular weight excluding hydrogens is 407 g/mol. The minimum Gasteiger partial charge on any atom is -0.445 e. The maximum absolute atomic E-state index is 13.3. The lowest BCUT2D eigenvalue weighted by Gasteiger charge is -2.26. The van der Waals surface area contributed by atoms with Crippen LogP contribution in [0.2, 0.25) is 0 Å². The zero-order valence-corrected chi connectivity index (χ0v) is 16.6. The van der Waals surface area contributed by atoms with Crippen molar-refractivity contribution >= 4 is 6.09 Å². The van der Waals surface area contributed by atoms with Crippen molar-refractivity contribution in [3.63, 3.8) is 0 Å². The number of hydrogen-bond acceptors (Lipinski definition) is 3. The van der Waals surface area contributed by atoms with E-state index in [-0.39, 0.29) is 25.3 Å². The van der Waals surface area contributed by atoms with Crippen molar-refractivity contribution < 1.29 is 27.8 Å². The van der Waals surface area contributed by atoms with Gasteiger partial charge in [0.25, 0.3) is 0 Å². The van der Waals surface area contributed by atoms with E-state index in [0.29, 0.717) is 0 Å². The van der Waals surface area contributed by atoms with Gasteiger partial charge in [-0.2, -0.15) is 13.2 Å². The molecule has 0 bridgehead atoms. The van der Waals surface area contributed by atoms with Crippen LogP contribution in [-0.4, -0.2) is 22.6 Å². The molecule has 1 unspecified atom stereocenters. The monoisotopic (exact) mass is 429 g/mol. The van der Waals surface area contributed by atoms with E-state index in [1.54, 1.807) is 36.4 Å². The van der Waals surface area contributed by atoms with Crippen molar-refractivity contribution in [1.82, 2.24) is 4.90 Å². The molecule has 7 heteroatoms. The van der Waals surface area contributed by atoms with Gasteiger partial charge in [0.05, 0.1) is 18.2 Å². The summed E-state index contributed by atoms with van der Waals surface area (Å²) in [5.41, 5.74) is 0.317. The van der Waals surface area contributed by atoms with Crippen LogP contribution in [0.5, 0.6) is 0 Å². The second-order valence-corrected chi connectivity index (χ2v) is 7.01. The molecule has 0 heterocycles. The molecule has 0 aliphatic heterocycles. The zero-order valence-electron chi connectivity index (χ0n) is 16.6. The maximum atomic E-state index is 13.3. The summed E-state index contributed by atoms with van der Waals surface area (Å²) in [6.45, 7) is -0.254. The number of aliphatic hydroxyl groups excluding tert-OH is 1. The summed E-state index contributed by atoms with van der Waals surface area (Å²) in [6, 6.07) is 22.8. The number of hydrogen-bond donors (Lipinski definition) is 1. The summed E-state index contributed by atoms with van der Waals surface area (Å²) in [5, 5.41) is 10.6. The first-order valence-electron chi connectivity index (χ1n) is 9.68. The number of carbonyl (C=O) groups excluding carboxylic acids is 1. The smallest absolute Gasteiger partial charge is 0.416 e. The summed E-state index contributed by atoms with van der Waals surface area (Å²) in [6.07, 6.45) is -6.88. The van der Waals surface area contributed by atoms with Crippen molar-refractivity contribution in [2.45, 2.75) is 25.4 Å². The maximum Gasteiger partial charge on any atom is 0.416 e. The number of benzene rings is 3. The van der Waals surface area contributed by atoms with Gasteiger partial charge >= 0.3 is 12.3 Å². The van der Waals surface area contributed by atoms with E-state index in [1.807, 2.05) is 24.3 Å². The molecule has 31 heavy (non-hydrogen) atoms. The Balaban J connectivity index is 1.78. The van der Waals surface area contributed by atoms with E-state index in [4.69, 9.17) is 4.74 Å². The van der Waals surface area contributed by atoms with Crippen molar-refractivity contribution in [2.75, 3.05) is 6.54 Å². The number of rotatable bonds is 7. The standard InChI is InChI=1S/C24H22F3NO3/c25-24(26,27)21-14-8-7-13-20(21)22(29)16-28(15-18-9-3-1-4-10-18)23(30)31-17-19-11-5-2-6-12-19/h1-14,22,29H,15-17H2. The highest BCUT2D eigenvalue weighted by Crippen LogP contribution is 2.34. The second kappa shape index (κ2) is 10.1. The zero-order chi connectivity index (χ0) is 22.3. The van der Waals surface area contributed by atoms with Gasteiger partial charge in [0.1, 0.15) is 6.61 Å². The molecule has 1 N–H and O–H groups in total. The molecule has 0 fully saturated rings. The van der Waals surface area contributed by atoms with Crippen LogP contribution in [0.4, 0.5) is 18.0 Å². The first-order valence-corrected chi connectivity index (χ1v) is 9.68. The Morgan fingerprint density at radius 1 is 0.871 bits per heavy atom. The Hall–Kier alpha value is -3.32. The van der Waals surface area contributed by atoms with E-state index in [0.717, 1.165) is 17.2 Å². The van der Waals surface area contributed by atoms with Gasteiger partial charge in [-0.1, -0.05) is 78.9 Å². The van der Waals surface area contributed by atoms with Crippen LogP contribution in [0.3, 0.4) is 0 Å². The molecule has 1 atom stereocenters. The van der Waals surface area contributed by atoms with Gasteiger partial charge in [-0.15, -0.1) is 0 Å². The van der Waals surface area contributed by atoms with Gasteiger partial charge in [0.15, 0.2) is 0 Å². The minimum atomic E-state index is -4.62. The number of ether oxygens (including phenoxy) is 1. The fourth-order valence-electron chi connectivity index (χ4n) is 3.17. The Kier molecular flexibility index (Phi) is 7.31. The third-order valence-electron chi connectivity index (χ3n) is 4.70. The van der Waals surface area contributed by atoms with Gasteiger partial charge < -0.3 is 14.7 Å². The number of halogens is 3. The van der Waals surface area contributed by atoms with E-state index in [9.17, 15) is 23.1 Å². The lowest BCUT2D eigenvalue weighted by atomic mass is 10.0. The Morgan fingerprint density at radius 2 is 1.42 bits per heavy atom. The van der Waals surface area contributed by atoms with E-state index in [1.165, 1.54) is 23.1 Å². The molecule has 0 spiro atoms. The first-order chi connectivity index (χ1) is 14.8. The average molecular weight is 429 g/mol. The quantitative estimate of drug-likeness (QED) is 0.534. The minimum absolute atomic E-state index is 0.0141. The van der Waals surface area contributed by atoms with E-state index in [2.05, 4.69) is 0 Å². The Bertz CT molecular complexity index is 978. The van der Waals surface area contributed by atoms with Gasteiger partial charge in [0.2, 0.25) is 0 Å². The number of nitrogens with zero attached hydrogens (tertiary/aromatic N) is 1. The lowest BCUT2D eigenvalue weighted by molar-refractivity contribution is -0.139. The normalized spacial score (nSPS) is 12.3. The number of carbonyl (C=O) groups is 1. The third kappa shape index (κ3) is 6.33. The van der Waals surface area contributed by atoms with Gasteiger partial charge in [-0.05, 0) is 22.8 Å². The summed E-state index contributed by atoms with van der Waals surface area (Å²) < 4.78 is 45.4. The molecule has 4 nitrogen and oxygen atoms in total. The van der Waals surface area contributed by atoms with Crippen molar-refractivity contribution in [2.24, 2.45) is 0 Å². The highest BCUT2D eigenvalue weighted by Gasteiger charge is 2.35.